The van der Waals surface area contributed by atoms with Crippen molar-refractivity contribution in [1.29, 1.82) is 0 Å². The number of nitrogens with zero attached hydrogens (tertiary/aromatic N) is 2. The molecule has 140 valence electrons. The van der Waals surface area contributed by atoms with Gasteiger partial charge in [-0.25, -0.2) is 4.79 Å². The summed E-state index contributed by atoms with van der Waals surface area (Å²) in [5.74, 6) is -0.457. The van der Waals surface area contributed by atoms with Gasteiger partial charge in [-0.3, -0.25) is 9.48 Å². The number of hydrogen-bond donors (Lipinski definition) is 2. The third-order valence-electron chi connectivity index (χ3n) is 4.37. The van der Waals surface area contributed by atoms with Gasteiger partial charge in [0.1, 0.15) is 0 Å². The van der Waals surface area contributed by atoms with Gasteiger partial charge in [-0.15, -0.1) is 12.4 Å². The van der Waals surface area contributed by atoms with E-state index in [4.69, 9.17) is 4.74 Å². The zero-order valence-electron chi connectivity index (χ0n) is 14.8. The summed E-state index contributed by atoms with van der Waals surface area (Å²) < 4.78 is 6.70. The second-order valence-electron chi connectivity index (χ2n) is 6.11. The van der Waals surface area contributed by atoms with Gasteiger partial charge in [-0.05, 0) is 36.8 Å². The highest BCUT2D eigenvalue weighted by molar-refractivity contribution is 5.95. The molecular formula is C18H23ClN4O3. The molecule has 0 bridgehead atoms. The Morgan fingerprint density at radius 3 is 2.65 bits per heavy atom. The van der Waals surface area contributed by atoms with Crippen LogP contribution in [0.3, 0.4) is 0 Å². The second kappa shape index (κ2) is 8.82. The van der Waals surface area contributed by atoms with Crippen LogP contribution in [0.2, 0.25) is 0 Å². The lowest BCUT2D eigenvalue weighted by Gasteiger charge is -2.17. The van der Waals surface area contributed by atoms with E-state index >= 15 is 0 Å². The first kappa shape index (κ1) is 19.9. The largest absolute Gasteiger partial charge is 0.462 e. The summed E-state index contributed by atoms with van der Waals surface area (Å²) in [5, 5.41) is 10.4. The molecule has 3 rings (SSSR count). The number of carbonyl (C=O) groups is 2. The number of halogens is 1. The molecule has 2 atom stereocenters. The third kappa shape index (κ3) is 4.42. The normalized spacial score (nSPS) is 18.8. The number of aryl methyl sites for hydroxylation is 1. The lowest BCUT2D eigenvalue weighted by Crippen LogP contribution is -2.28. The summed E-state index contributed by atoms with van der Waals surface area (Å²) in [6, 6.07) is 6.73. The predicted molar refractivity (Wildman–Crippen MR) is 101 cm³/mol. The number of hydrogen-bond acceptors (Lipinski definition) is 5. The van der Waals surface area contributed by atoms with Crippen LogP contribution in [0.5, 0.6) is 0 Å². The maximum atomic E-state index is 12.7. The van der Waals surface area contributed by atoms with Gasteiger partial charge in [0.05, 0.1) is 24.3 Å². The molecule has 26 heavy (non-hydrogen) atoms. The van der Waals surface area contributed by atoms with Crippen LogP contribution in [-0.4, -0.2) is 41.4 Å². The monoisotopic (exact) mass is 378 g/mol. The van der Waals surface area contributed by atoms with Gasteiger partial charge in [-0.1, -0.05) is 0 Å². The number of benzene rings is 1. The van der Waals surface area contributed by atoms with Crippen LogP contribution in [0.1, 0.15) is 28.8 Å². The van der Waals surface area contributed by atoms with Crippen LogP contribution >= 0.6 is 12.4 Å². The standard InChI is InChI=1S/C18H22N4O3.ClH/c1-3-25-18(24)12-4-6-14(7-5-12)21-17(23)16-10-19-9-15(16)13-8-20-22(2)11-13;/h4-8,11,15-16,19H,3,9-10H2,1-2H3,(H,21,23);1H/t15-,16+;/m1./s1. The summed E-state index contributed by atoms with van der Waals surface area (Å²) in [4.78, 5) is 24.3. The van der Waals surface area contributed by atoms with Crippen molar-refractivity contribution in [2.75, 3.05) is 25.0 Å². The SMILES string of the molecule is CCOC(=O)c1ccc(NC(=O)[C@H]2CNC[C@@H]2c2cnn(C)c2)cc1.Cl. The lowest BCUT2D eigenvalue weighted by atomic mass is 9.90. The van der Waals surface area contributed by atoms with Crippen molar-refractivity contribution < 1.29 is 14.3 Å². The number of ether oxygens (including phenoxy) is 1. The maximum Gasteiger partial charge on any atom is 0.338 e. The molecule has 1 aliphatic heterocycles. The predicted octanol–water partition coefficient (Wildman–Crippen LogP) is 1.96. The zero-order valence-corrected chi connectivity index (χ0v) is 15.6. The van der Waals surface area contributed by atoms with Crippen LogP contribution in [-0.2, 0) is 16.6 Å². The van der Waals surface area contributed by atoms with E-state index in [0.717, 1.165) is 12.1 Å². The average Bonchev–Trinajstić information content (AvgIpc) is 3.24. The van der Waals surface area contributed by atoms with Gasteiger partial charge in [0.2, 0.25) is 5.91 Å². The Labute approximate surface area is 158 Å². The molecule has 1 saturated heterocycles. The molecule has 0 unspecified atom stereocenters. The Hall–Kier alpha value is -2.38. The van der Waals surface area contributed by atoms with Gasteiger partial charge in [0.15, 0.2) is 0 Å². The molecule has 1 aliphatic rings. The van der Waals surface area contributed by atoms with Crippen molar-refractivity contribution in [3.05, 3.63) is 47.8 Å². The summed E-state index contributed by atoms with van der Waals surface area (Å²) >= 11 is 0. The summed E-state index contributed by atoms with van der Waals surface area (Å²) in [6.45, 7) is 3.49. The van der Waals surface area contributed by atoms with E-state index in [0.29, 0.717) is 24.4 Å². The van der Waals surface area contributed by atoms with Gasteiger partial charge in [-0.2, -0.15) is 5.10 Å². The number of esters is 1. The van der Waals surface area contributed by atoms with Gasteiger partial charge < -0.3 is 15.4 Å². The van der Waals surface area contributed by atoms with Crippen molar-refractivity contribution >= 4 is 30.0 Å². The van der Waals surface area contributed by atoms with E-state index in [-0.39, 0.29) is 36.1 Å². The zero-order chi connectivity index (χ0) is 17.8. The van der Waals surface area contributed by atoms with Crippen molar-refractivity contribution in [3.8, 4) is 0 Å². The Bertz CT molecular complexity index is 760. The molecule has 1 amide bonds. The minimum Gasteiger partial charge on any atom is -0.462 e. The van der Waals surface area contributed by atoms with Crippen LogP contribution in [0.25, 0.3) is 0 Å². The summed E-state index contributed by atoms with van der Waals surface area (Å²) in [5.41, 5.74) is 2.19. The van der Waals surface area contributed by atoms with Crippen molar-refractivity contribution in [3.63, 3.8) is 0 Å². The summed E-state index contributed by atoms with van der Waals surface area (Å²) in [7, 11) is 1.87. The number of anilines is 1. The van der Waals surface area contributed by atoms with Crippen molar-refractivity contribution in [1.82, 2.24) is 15.1 Å². The van der Waals surface area contributed by atoms with E-state index in [1.807, 2.05) is 19.4 Å². The number of amides is 1. The molecule has 1 aromatic carbocycles. The summed E-state index contributed by atoms with van der Waals surface area (Å²) in [6.07, 6.45) is 3.76. The van der Waals surface area contributed by atoms with E-state index in [1.54, 1.807) is 35.9 Å². The van der Waals surface area contributed by atoms with Crippen LogP contribution in [0.15, 0.2) is 36.7 Å². The number of nitrogens with one attached hydrogen (secondary N) is 2. The van der Waals surface area contributed by atoms with Gasteiger partial charge in [0, 0.05) is 37.9 Å². The average molecular weight is 379 g/mol. The minimum absolute atomic E-state index is 0. The van der Waals surface area contributed by atoms with Crippen molar-refractivity contribution in [2.24, 2.45) is 13.0 Å². The third-order valence-corrected chi connectivity index (χ3v) is 4.37. The van der Waals surface area contributed by atoms with Gasteiger partial charge >= 0.3 is 5.97 Å². The van der Waals surface area contributed by atoms with E-state index in [1.165, 1.54) is 0 Å². The molecule has 2 heterocycles. The molecule has 0 saturated carbocycles. The van der Waals surface area contributed by atoms with Crippen molar-refractivity contribution in [2.45, 2.75) is 12.8 Å². The highest BCUT2D eigenvalue weighted by Crippen LogP contribution is 2.28. The fourth-order valence-electron chi connectivity index (χ4n) is 3.08. The van der Waals surface area contributed by atoms with E-state index in [9.17, 15) is 9.59 Å². The van der Waals surface area contributed by atoms with E-state index < -0.39 is 0 Å². The molecule has 1 aromatic heterocycles. The number of carbonyl (C=O) groups excluding carboxylic acids is 2. The molecule has 2 N–H and O–H groups in total. The molecule has 7 nitrogen and oxygen atoms in total. The van der Waals surface area contributed by atoms with Crippen LogP contribution < -0.4 is 10.6 Å². The molecule has 1 fully saturated rings. The Morgan fingerprint density at radius 1 is 1.31 bits per heavy atom. The molecule has 0 aliphatic carbocycles. The fraction of sp³-hybridized carbons (Fsp3) is 0.389. The topological polar surface area (TPSA) is 85.2 Å². The van der Waals surface area contributed by atoms with Crippen LogP contribution in [0.4, 0.5) is 5.69 Å². The number of rotatable bonds is 5. The van der Waals surface area contributed by atoms with Gasteiger partial charge in [0.25, 0.3) is 0 Å². The Kier molecular flexibility index (Phi) is 6.76. The fourth-order valence-corrected chi connectivity index (χ4v) is 3.08. The molecular weight excluding hydrogens is 356 g/mol. The molecule has 2 aromatic rings. The van der Waals surface area contributed by atoms with E-state index in [2.05, 4.69) is 15.7 Å². The maximum absolute atomic E-state index is 12.7. The molecule has 8 heteroatoms. The Morgan fingerprint density at radius 2 is 2.04 bits per heavy atom. The molecule has 0 spiro atoms. The first-order valence-corrected chi connectivity index (χ1v) is 8.35. The second-order valence-corrected chi connectivity index (χ2v) is 6.11. The lowest BCUT2D eigenvalue weighted by molar-refractivity contribution is -0.119. The number of aromatic nitrogens is 2. The van der Waals surface area contributed by atoms with Crippen LogP contribution in [0, 0.1) is 5.92 Å². The first-order chi connectivity index (χ1) is 12.1. The smallest absolute Gasteiger partial charge is 0.338 e. The quantitative estimate of drug-likeness (QED) is 0.777. The highest BCUT2D eigenvalue weighted by atomic mass is 35.5. The highest BCUT2D eigenvalue weighted by Gasteiger charge is 2.34. The Balaban J connectivity index is 0.00000243. The molecule has 0 radical (unpaired) electrons. The first-order valence-electron chi connectivity index (χ1n) is 8.35. The minimum atomic E-state index is -0.364.